The van der Waals surface area contributed by atoms with Crippen molar-refractivity contribution >= 4 is 18.3 Å². The zero-order valence-corrected chi connectivity index (χ0v) is 12.1. The first-order chi connectivity index (χ1) is 11.1. The zero-order valence-electron chi connectivity index (χ0n) is 12.1. The summed E-state index contributed by atoms with van der Waals surface area (Å²) in [7, 11) is 1.33. The molecule has 0 aliphatic rings. The summed E-state index contributed by atoms with van der Waals surface area (Å²) in [5, 5.41) is 18.5. The van der Waals surface area contributed by atoms with Crippen LogP contribution in [0.2, 0.25) is 0 Å². The van der Waals surface area contributed by atoms with E-state index in [1.807, 2.05) is 6.07 Å². The molecular formula is C14H13N5O4. The Kier molecular flexibility index (Phi) is 7.16. The molecule has 2 aromatic heterocycles. The molecular weight excluding hydrogens is 302 g/mol. The number of nitrogens with one attached hydrogen (secondary N) is 1. The molecule has 2 aromatic rings. The van der Waals surface area contributed by atoms with Crippen LogP contribution in [0.1, 0.15) is 21.7 Å². The summed E-state index contributed by atoms with van der Waals surface area (Å²) >= 11 is 0. The fourth-order valence-electron chi connectivity index (χ4n) is 1.48. The Labute approximate surface area is 131 Å². The van der Waals surface area contributed by atoms with Gasteiger partial charge in [0, 0.05) is 6.20 Å². The number of rotatable bonds is 4. The molecule has 0 unspecified atom stereocenters. The number of carbonyl (C=O) groups is 2. The molecule has 0 bridgehead atoms. The van der Waals surface area contributed by atoms with Gasteiger partial charge < -0.3 is 15.2 Å². The highest BCUT2D eigenvalue weighted by Crippen LogP contribution is 2.06. The van der Waals surface area contributed by atoms with E-state index >= 15 is 0 Å². The SMILES string of the molecule is COC(=O)c1ccnc(CNc2cnc(C#N)cn2)c1.O=CO. The van der Waals surface area contributed by atoms with Crippen LogP contribution < -0.4 is 5.32 Å². The van der Waals surface area contributed by atoms with Gasteiger partial charge in [0.15, 0.2) is 5.69 Å². The minimum atomic E-state index is -0.410. The minimum absolute atomic E-state index is 0.250. The summed E-state index contributed by atoms with van der Waals surface area (Å²) in [6.07, 6.45) is 4.37. The highest BCUT2D eigenvalue weighted by molar-refractivity contribution is 5.89. The van der Waals surface area contributed by atoms with E-state index in [9.17, 15) is 4.79 Å². The van der Waals surface area contributed by atoms with Gasteiger partial charge >= 0.3 is 5.97 Å². The van der Waals surface area contributed by atoms with Crippen molar-refractivity contribution in [1.29, 1.82) is 5.26 Å². The van der Waals surface area contributed by atoms with Crippen molar-refractivity contribution in [2.75, 3.05) is 12.4 Å². The molecule has 0 aliphatic carbocycles. The third-order valence-electron chi connectivity index (χ3n) is 2.45. The molecule has 0 aromatic carbocycles. The molecule has 0 amide bonds. The summed E-state index contributed by atoms with van der Waals surface area (Å²) in [6, 6.07) is 5.10. The number of hydrogen-bond acceptors (Lipinski definition) is 8. The molecule has 2 N–H and O–H groups in total. The van der Waals surface area contributed by atoms with Crippen LogP contribution in [-0.4, -0.2) is 39.6 Å². The Morgan fingerprint density at radius 2 is 2.17 bits per heavy atom. The summed E-state index contributed by atoms with van der Waals surface area (Å²) in [5.74, 6) is 0.112. The van der Waals surface area contributed by atoms with Crippen molar-refractivity contribution in [2.45, 2.75) is 6.54 Å². The topological polar surface area (TPSA) is 138 Å². The van der Waals surface area contributed by atoms with E-state index < -0.39 is 5.97 Å². The third kappa shape index (κ3) is 5.76. The van der Waals surface area contributed by atoms with Gasteiger partial charge in [-0.05, 0) is 12.1 Å². The monoisotopic (exact) mass is 315 g/mol. The van der Waals surface area contributed by atoms with Crippen LogP contribution in [0, 0.1) is 11.3 Å². The minimum Gasteiger partial charge on any atom is -0.483 e. The first-order valence-corrected chi connectivity index (χ1v) is 6.21. The number of pyridine rings is 1. The van der Waals surface area contributed by atoms with Crippen LogP contribution in [0.25, 0.3) is 0 Å². The predicted octanol–water partition coefficient (Wildman–Crippen LogP) is 0.843. The quantitative estimate of drug-likeness (QED) is 0.620. The van der Waals surface area contributed by atoms with E-state index in [1.165, 1.54) is 25.7 Å². The average Bonchev–Trinajstić information content (AvgIpc) is 2.60. The first-order valence-electron chi connectivity index (χ1n) is 6.21. The van der Waals surface area contributed by atoms with E-state index in [4.69, 9.17) is 15.2 Å². The van der Waals surface area contributed by atoms with Gasteiger partial charge in [-0.15, -0.1) is 0 Å². The lowest BCUT2D eigenvalue weighted by Crippen LogP contribution is -2.07. The molecule has 23 heavy (non-hydrogen) atoms. The lowest BCUT2D eigenvalue weighted by atomic mass is 10.2. The maximum absolute atomic E-state index is 11.4. The number of esters is 1. The Morgan fingerprint density at radius 1 is 1.43 bits per heavy atom. The van der Waals surface area contributed by atoms with Crippen molar-refractivity contribution in [3.63, 3.8) is 0 Å². The van der Waals surface area contributed by atoms with Crippen LogP contribution in [0.15, 0.2) is 30.7 Å². The van der Waals surface area contributed by atoms with Gasteiger partial charge in [0.25, 0.3) is 6.47 Å². The van der Waals surface area contributed by atoms with Gasteiger partial charge in [0.05, 0.1) is 37.3 Å². The van der Waals surface area contributed by atoms with Gasteiger partial charge in [-0.25, -0.2) is 14.8 Å². The Morgan fingerprint density at radius 3 is 2.74 bits per heavy atom. The van der Waals surface area contributed by atoms with Gasteiger partial charge in [0.2, 0.25) is 0 Å². The van der Waals surface area contributed by atoms with Gasteiger partial charge in [-0.2, -0.15) is 5.26 Å². The summed E-state index contributed by atoms with van der Waals surface area (Å²) in [4.78, 5) is 31.8. The van der Waals surface area contributed by atoms with E-state index in [0.29, 0.717) is 23.6 Å². The number of nitriles is 1. The number of carbonyl (C=O) groups excluding carboxylic acids is 1. The first kappa shape index (κ1) is 17.5. The molecule has 0 atom stereocenters. The Bertz CT molecular complexity index is 697. The maximum Gasteiger partial charge on any atom is 0.337 e. The molecule has 2 rings (SSSR count). The zero-order chi connectivity index (χ0) is 17.1. The highest BCUT2D eigenvalue weighted by Gasteiger charge is 2.06. The third-order valence-corrected chi connectivity index (χ3v) is 2.45. The number of ether oxygens (including phenoxy) is 1. The normalized spacial score (nSPS) is 8.87. The second-order valence-electron chi connectivity index (χ2n) is 3.89. The van der Waals surface area contributed by atoms with Crippen LogP contribution in [0.5, 0.6) is 0 Å². The molecule has 9 heteroatoms. The summed E-state index contributed by atoms with van der Waals surface area (Å²) in [6.45, 7) is 0.130. The average molecular weight is 315 g/mol. The Hall–Kier alpha value is -3.54. The smallest absolute Gasteiger partial charge is 0.337 e. The number of anilines is 1. The molecule has 9 nitrogen and oxygen atoms in total. The van der Waals surface area contributed by atoms with Gasteiger partial charge in [-0.3, -0.25) is 9.78 Å². The molecule has 2 heterocycles. The number of hydrogen-bond donors (Lipinski definition) is 2. The summed E-state index contributed by atoms with van der Waals surface area (Å²) in [5.41, 5.74) is 1.35. The molecule has 0 saturated carbocycles. The second-order valence-corrected chi connectivity index (χ2v) is 3.89. The fourth-order valence-corrected chi connectivity index (χ4v) is 1.48. The lowest BCUT2D eigenvalue weighted by molar-refractivity contribution is -0.122. The second kappa shape index (κ2) is 9.41. The van der Waals surface area contributed by atoms with Crippen LogP contribution in [0.3, 0.4) is 0 Å². The van der Waals surface area contributed by atoms with E-state index in [0.717, 1.165) is 0 Å². The molecule has 0 saturated heterocycles. The maximum atomic E-state index is 11.4. The Balaban J connectivity index is 0.000000816. The molecule has 0 aliphatic heterocycles. The number of aromatic nitrogens is 3. The van der Waals surface area contributed by atoms with Gasteiger partial charge in [-0.1, -0.05) is 0 Å². The van der Waals surface area contributed by atoms with Crippen LogP contribution >= 0.6 is 0 Å². The molecule has 118 valence electrons. The van der Waals surface area contributed by atoms with Crippen LogP contribution in [-0.2, 0) is 16.1 Å². The van der Waals surface area contributed by atoms with Crippen molar-refractivity contribution < 1.29 is 19.4 Å². The molecule has 0 fully saturated rings. The largest absolute Gasteiger partial charge is 0.483 e. The van der Waals surface area contributed by atoms with Crippen molar-refractivity contribution in [2.24, 2.45) is 0 Å². The van der Waals surface area contributed by atoms with Crippen LogP contribution in [0.4, 0.5) is 5.82 Å². The van der Waals surface area contributed by atoms with E-state index in [1.54, 1.807) is 12.1 Å². The number of nitrogens with zero attached hydrogens (tertiary/aromatic N) is 4. The van der Waals surface area contributed by atoms with Gasteiger partial charge in [0.1, 0.15) is 11.9 Å². The van der Waals surface area contributed by atoms with E-state index in [2.05, 4.69) is 25.0 Å². The molecule has 0 spiro atoms. The van der Waals surface area contributed by atoms with Crippen molar-refractivity contribution in [1.82, 2.24) is 15.0 Å². The van der Waals surface area contributed by atoms with Crippen molar-refractivity contribution in [3.05, 3.63) is 47.7 Å². The predicted molar refractivity (Wildman–Crippen MR) is 78.3 cm³/mol. The number of methoxy groups -OCH3 is 1. The van der Waals surface area contributed by atoms with E-state index in [-0.39, 0.29) is 12.2 Å². The van der Waals surface area contributed by atoms with Crippen molar-refractivity contribution in [3.8, 4) is 6.07 Å². The standard InChI is InChI=1S/C13H11N5O2.CH2O2/c1-20-13(19)9-2-3-15-10(4-9)6-17-12-8-16-11(5-14)7-18-12;2-1-3/h2-4,7-8H,6H2,1H3,(H,17,18);1H,(H,2,3). The lowest BCUT2D eigenvalue weighted by Gasteiger charge is -2.05. The fraction of sp³-hybridized carbons (Fsp3) is 0.143. The number of carboxylic acid groups (broad SMARTS) is 1. The summed E-state index contributed by atoms with van der Waals surface area (Å²) < 4.78 is 4.64. The highest BCUT2D eigenvalue weighted by atomic mass is 16.5. The molecule has 0 radical (unpaired) electrons.